The van der Waals surface area contributed by atoms with Crippen LogP contribution in [0.2, 0.25) is 0 Å². The fourth-order valence-electron chi connectivity index (χ4n) is 3.71. The van der Waals surface area contributed by atoms with Crippen LogP contribution in [0.5, 0.6) is 0 Å². The molecular weight excluding hydrogens is 340 g/mol. The van der Waals surface area contributed by atoms with E-state index in [1.54, 1.807) is 12.1 Å². The third-order valence-corrected chi connectivity index (χ3v) is 7.24. The van der Waals surface area contributed by atoms with Gasteiger partial charge in [-0.25, -0.2) is 8.42 Å². The summed E-state index contributed by atoms with van der Waals surface area (Å²) < 4.78 is 33.8. The molecule has 0 atom stereocenters. The van der Waals surface area contributed by atoms with Crippen molar-refractivity contribution in [2.75, 3.05) is 26.2 Å². The summed E-state index contributed by atoms with van der Waals surface area (Å²) in [7, 11) is -3.65. The van der Waals surface area contributed by atoms with E-state index in [2.05, 4.69) is 18.7 Å². The highest BCUT2D eigenvalue weighted by molar-refractivity contribution is 7.89. The monoisotopic (exact) mass is 366 g/mol. The van der Waals surface area contributed by atoms with E-state index >= 15 is 0 Å². The minimum atomic E-state index is -3.65. The Morgan fingerprint density at radius 1 is 1.12 bits per heavy atom. The molecule has 138 valence electrons. The summed E-state index contributed by atoms with van der Waals surface area (Å²) in [5.41, 5.74) is -0.222. The molecule has 0 saturated carbocycles. The summed E-state index contributed by atoms with van der Waals surface area (Å²) in [6.45, 7) is 8.22. The van der Waals surface area contributed by atoms with Crippen molar-refractivity contribution in [3.05, 3.63) is 29.8 Å². The Hall–Kier alpha value is -1.28. The van der Waals surface area contributed by atoms with Crippen molar-refractivity contribution in [1.29, 1.82) is 0 Å². The Kier molecular flexibility index (Phi) is 5.03. The molecule has 0 aliphatic carbocycles. The van der Waals surface area contributed by atoms with Crippen molar-refractivity contribution in [1.82, 2.24) is 9.21 Å². The van der Waals surface area contributed by atoms with E-state index in [-0.39, 0.29) is 10.7 Å². The highest BCUT2D eigenvalue weighted by atomic mass is 32.2. The molecule has 2 saturated heterocycles. The molecule has 25 heavy (non-hydrogen) atoms. The second kappa shape index (κ2) is 6.79. The second-order valence-electron chi connectivity index (χ2n) is 7.08. The maximum absolute atomic E-state index is 13.2. The minimum absolute atomic E-state index is 0.0778. The molecule has 2 aliphatic heterocycles. The first-order chi connectivity index (χ1) is 11.8. The van der Waals surface area contributed by atoms with Crippen molar-refractivity contribution in [2.45, 2.75) is 50.3 Å². The maximum Gasteiger partial charge on any atom is 0.245 e. The van der Waals surface area contributed by atoms with Gasteiger partial charge in [-0.2, -0.15) is 4.31 Å². The Balaban J connectivity index is 1.85. The van der Waals surface area contributed by atoms with Gasteiger partial charge in [-0.05, 0) is 32.9 Å². The SMILES string of the molecule is CC(=O)c1ccc(S(=O)(=O)N2CCOC23CCN(C(C)C)CC3)cc1. The topological polar surface area (TPSA) is 66.9 Å². The zero-order valence-electron chi connectivity index (χ0n) is 15.1. The van der Waals surface area contributed by atoms with Gasteiger partial charge in [-0.15, -0.1) is 0 Å². The van der Waals surface area contributed by atoms with E-state index in [0.717, 1.165) is 13.1 Å². The van der Waals surface area contributed by atoms with Gasteiger partial charge in [0.1, 0.15) is 5.72 Å². The fraction of sp³-hybridized carbons (Fsp3) is 0.611. The molecule has 3 rings (SSSR count). The lowest BCUT2D eigenvalue weighted by Gasteiger charge is -2.44. The molecular formula is C18H26N2O4S. The summed E-state index contributed by atoms with van der Waals surface area (Å²) in [4.78, 5) is 14.0. The lowest BCUT2D eigenvalue weighted by atomic mass is 10.00. The summed E-state index contributed by atoms with van der Waals surface area (Å²) in [6.07, 6.45) is 1.35. The number of Topliss-reactive ketones (excluding diaryl/α,β-unsaturated/α-hetero) is 1. The molecule has 2 fully saturated rings. The summed E-state index contributed by atoms with van der Waals surface area (Å²) in [5, 5.41) is 0. The van der Waals surface area contributed by atoms with Crippen LogP contribution in [0.15, 0.2) is 29.2 Å². The van der Waals surface area contributed by atoms with Gasteiger partial charge in [-0.3, -0.25) is 4.79 Å². The number of carbonyl (C=O) groups is 1. The van der Waals surface area contributed by atoms with Crippen LogP contribution in [0, 0.1) is 0 Å². The first kappa shape index (κ1) is 18.5. The minimum Gasteiger partial charge on any atom is -0.358 e. The zero-order valence-corrected chi connectivity index (χ0v) is 15.9. The standard InChI is InChI=1S/C18H26N2O4S/c1-14(2)19-10-8-18(9-11-19)20(12-13-24-18)25(22,23)17-6-4-16(5-7-17)15(3)21/h4-7,14H,8-13H2,1-3H3. The van der Waals surface area contributed by atoms with Crippen molar-refractivity contribution in [3.63, 3.8) is 0 Å². The number of hydrogen-bond donors (Lipinski definition) is 0. The Labute approximate surface area is 149 Å². The number of rotatable bonds is 4. The van der Waals surface area contributed by atoms with E-state index in [1.165, 1.54) is 23.4 Å². The molecule has 0 unspecified atom stereocenters. The third-order valence-electron chi connectivity index (χ3n) is 5.28. The predicted molar refractivity (Wildman–Crippen MR) is 95.0 cm³/mol. The average Bonchev–Trinajstić information content (AvgIpc) is 2.99. The van der Waals surface area contributed by atoms with Crippen LogP contribution in [0.25, 0.3) is 0 Å². The van der Waals surface area contributed by atoms with Crippen LogP contribution in [-0.4, -0.2) is 61.4 Å². The summed E-state index contributed by atoms with van der Waals surface area (Å²) in [5.74, 6) is -0.0778. The van der Waals surface area contributed by atoms with Gasteiger partial charge in [0.2, 0.25) is 10.0 Å². The van der Waals surface area contributed by atoms with E-state index in [0.29, 0.717) is 37.6 Å². The molecule has 2 aliphatic rings. The number of likely N-dealkylation sites (tertiary alicyclic amines) is 1. The summed E-state index contributed by atoms with van der Waals surface area (Å²) in [6, 6.07) is 6.62. The number of benzene rings is 1. The number of ether oxygens (including phenoxy) is 1. The van der Waals surface area contributed by atoms with Crippen LogP contribution in [-0.2, 0) is 14.8 Å². The second-order valence-corrected chi connectivity index (χ2v) is 8.94. The van der Waals surface area contributed by atoms with E-state index in [9.17, 15) is 13.2 Å². The highest BCUT2D eigenvalue weighted by Crippen LogP contribution is 2.38. The number of piperidine rings is 1. The highest BCUT2D eigenvalue weighted by Gasteiger charge is 2.50. The first-order valence-electron chi connectivity index (χ1n) is 8.78. The molecule has 2 heterocycles. The molecule has 1 aromatic rings. The predicted octanol–water partition coefficient (Wildman–Crippen LogP) is 2.11. The van der Waals surface area contributed by atoms with Crippen LogP contribution in [0.3, 0.4) is 0 Å². The molecule has 7 heteroatoms. The largest absolute Gasteiger partial charge is 0.358 e. The molecule has 0 amide bonds. The first-order valence-corrected chi connectivity index (χ1v) is 10.2. The van der Waals surface area contributed by atoms with Crippen LogP contribution in [0.4, 0.5) is 0 Å². The van der Waals surface area contributed by atoms with Gasteiger partial charge in [0.05, 0.1) is 11.5 Å². The number of carbonyl (C=O) groups excluding carboxylic acids is 1. The van der Waals surface area contributed by atoms with E-state index < -0.39 is 15.7 Å². The van der Waals surface area contributed by atoms with Crippen molar-refractivity contribution in [2.24, 2.45) is 0 Å². The molecule has 1 aromatic carbocycles. The lowest BCUT2D eigenvalue weighted by molar-refractivity contribution is -0.0942. The Morgan fingerprint density at radius 3 is 2.24 bits per heavy atom. The lowest BCUT2D eigenvalue weighted by Crippen LogP contribution is -2.55. The van der Waals surface area contributed by atoms with Gasteiger partial charge in [0, 0.05) is 44.1 Å². The Morgan fingerprint density at radius 2 is 1.72 bits per heavy atom. The van der Waals surface area contributed by atoms with Crippen molar-refractivity contribution in [3.8, 4) is 0 Å². The van der Waals surface area contributed by atoms with E-state index in [1.807, 2.05) is 0 Å². The smallest absolute Gasteiger partial charge is 0.245 e. The molecule has 0 radical (unpaired) electrons. The molecule has 6 nitrogen and oxygen atoms in total. The number of nitrogens with zero attached hydrogens (tertiary/aromatic N) is 2. The van der Waals surface area contributed by atoms with Gasteiger partial charge in [0.15, 0.2) is 5.78 Å². The van der Waals surface area contributed by atoms with Gasteiger partial charge in [-0.1, -0.05) is 12.1 Å². The number of ketones is 1. The molecule has 0 N–H and O–H groups in total. The molecule has 0 bridgehead atoms. The normalized spacial score (nSPS) is 21.9. The zero-order chi connectivity index (χ0) is 18.2. The van der Waals surface area contributed by atoms with Crippen molar-refractivity contribution < 1.29 is 17.9 Å². The van der Waals surface area contributed by atoms with Crippen LogP contribution in [0.1, 0.15) is 44.0 Å². The third kappa shape index (κ3) is 3.38. The van der Waals surface area contributed by atoms with Gasteiger partial charge >= 0.3 is 0 Å². The number of sulfonamides is 1. The van der Waals surface area contributed by atoms with Crippen molar-refractivity contribution >= 4 is 15.8 Å². The van der Waals surface area contributed by atoms with E-state index in [4.69, 9.17) is 4.74 Å². The number of hydrogen-bond acceptors (Lipinski definition) is 5. The molecule has 0 aromatic heterocycles. The van der Waals surface area contributed by atoms with Crippen LogP contribution >= 0.6 is 0 Å². The quantitative estimate of drug-likeness (QED) is 0.764. The van der Waals surface area contributed by atoms with Gasteiger partial charge in [0.25, 0.3) is 0 Å². The maximum atomic E-state index is 13.2. The molecule has 1 spiro atoms. The average molecular weight is 366 g/mol. The summed E-state index contributed by atoms with van der Waals surface area (Å²) >= 11 is 0. The van der Waals surface area contributed by atoms with Gasteiger partial charge < -0.3 is 9.64 Å². The Bertz CT molecular complexity index is 735. The fourth-order valence-corrected chi connectivity index (χ4v) is 5.43. The van der Waals surface area contributed by atoms with Crippen LogP contribution < -0.4 is 0 Å².